The van der Waals surface area contributed by atoms with Gasteiger partial charge in [0.25, 0.3) is 0 Å². The zero-order chi connectivity index (χ0) is 21.8. The van der Waals surface area contributed by atoms with Crippen molar-refractivity contribution < 1.29 is 9.47 Å². The van der Waals surface area contributed by atoms with Gasteiger partial charge in [0, 0.05) is 12.3 Å². The molecule has 0 amide bonds. The van der Waals surface area contributed by atoms with Crippen LogP contribution in [0.3, 0.4) is 0 Å². The van der Waals surface area contributed by atoms with Gasteiger partial charge in [-0.15, -0.1) is 0 Å². The van der Waals surface area contributed by atoms with Crippen LogP contribution in [0.15, 0.2) is 103 Å². The fraction of sp³-hybridized carbons (Fsp3) is 0.0741. The van der Waals surface area contributed by atoms with Gasteiger partial charge in [-0.1, -0.05) is 78.3 Å². The number of benzene rings is 3. The molecule has 0 spiro atoms. The predicted octanol–water partition coefficient (Wildman–Crippen LogP) is 4.98. The highest BCUT2D eigenvalue weighted by molar-refractivity contribution is 6.38. The second-order valence-corrected chi connectivity index (χ2v) is 7.49. The number of pyridine rings is 1. The van der Waals surface area contributed by atoms with E-state index >= 15 is 0 Å². The third kappa shape index (κ3) is 4.23. The number of hydrogen-bond donors (Lipinski definition) is 0. The number of fused-ring (bicyclic) bond motifs is 1. The van der Waals surface area contributed by atoms with E-state index in [9.17, 15) is 0 Å². The topological polar surface area (TPSA) is 36.3 Å². The van der Waals surface area contributed by atoms with Gasteiger partial charge in [0.1, 0.15) is 26.7 Å². The first kappa shape index (κ1) is 19.9. The van der Waals surface area contributed by atoms with Crippen LogP contribution in [0.25, 0.3) is 16.6 Å². The molecule has 2 heterocycles. The number of rotatable bonds is 7. The Balaban J connectivity index is 1.49. The van der Waals surface area contributed by atoms with Gasteiger partial charge in [-0.2, -0.15) is 4.98 Å². The highest BCUT2D eigenvalue weighted by Gasteiger charge is 2.14. The Hall–Kier alpha value is -3.99. The molecule has 0 N–H and O–H groups in total. The summed E-state index contributed by atoms with van der Waals surface area (Å²) >= 11 is 0. The summed E-state index contributed by atoms with van der Waals surface area (Å²) < 4.78 is 14.2. The summed E-state index contributed by atoms with van der Waals surface area (Å²) in [5, 5.41) is 0.992. The summed E-state index contributed by atoms with van der Waals surface area (Å²) in [6.45, 7) is 0.846. The quantitative estimate of drug-likeness (QED) is 0.351. The monoisotopic (exact) mass is 416 g/mol. The molecule has 0 atom stereocenters. The van der Waals surface area contributed by atoms with Crippen LogP contribution in [-0.2, 0) is 13.2 Å². The van der Waals surface area contributed by atoms with Gasteiger partial charge < -0.3 is 14.0 Å². The molecule has 32 heavy (non-hydrogen) atoms. The van der Waals surface area contributed by atoms with Crippen molar-refractivity contribution in [3.05, 3.63) is 114 Å². The Bertz CT molecular complexity index is 1330. The Morgan fingerprint density at radius 1 is 0.688 bits per heavy atom. The van der Waals surface area contributed by atoms with Gasteiger partial charge in [-0.25, -0.2) is 0 Å². The second-order valence-electron chi connectivity index (χ2n) is 7.49. The molecule has 5 heteroatoms. The maximum absolute atomic E-state index is 6.18. The molecule has 0 aliphatic heterocycles. The Kier molecular flexibility index (Phi) is 5.62. The predicted molar refractivity (Wildman–Crippen MR) is 128 cm³/mol. The van der Waals surface area contributed by atoms with Crippen LogP contribution in [0, 0.1) is 0 Å². The Morgan fingerprint density at radius 2 is 1.38 bits per heavy atom. The lowest BCUT2D eigenvalue weighted by atomic mass is 9.93. The molecule has 3 aromatic carbocycles. The molecule has 0 bridgehead atoms. The molecule has 0 unspecified atom stereocenters. The van der Waals surface area contributed by atoms with Gasteiger partial charge >= 0.3 is 0 Å². The number of aromatic nitrogens is 2. The molecule has 5 aromatic rings. The normalized spacial score (nSPS) is 10.9. The summed E-state index contributed by atoms with van der Waals surface area (Å²) in [5.41, 5.74) is 4.71. The van der Waals surface area contributed by atoms with E-state index in [-0.39, 0.29) is 0 Å². The lowest BCUT2D eigenvalue weighted by molar-refractivity contribution is 0.267. The zero-order valence-electron chi connectivity index (χ0n) is 17.5. The van der Waals surface area contributed by atoms with E-state index in [0.717, 1.165) is 33.2 Å². The minimum atomic E-state index is 0.407. The van der Waals surface area contributed by atoms with Crippen molar-refractivity contribution in [3.8, 4) is 17.4 Å². The van der Waals surface area contributed by atoms with Crippen LogP contribution in [0.5, 0.6) is 11.8 Å². The van der Waals surface area contributed by atoms with E-state index in [2.05, 4.69) is 0 Å². The van der Waals surface area contributed by atoms with Crippen LogP contribution >= 0.6 is 0 Å². The standard InChI is InChI=1S/C27H21BN2O2/c28-23-12-7-13-24-22(23)16-17-30(24)25-14-15-26(31-18-20-8-3-1-4-9-20)29-27(25)32-19-21-10-5-2-6-11-21/h1-17H,18-19H2. The lowest BCUT2D eigenvalue weighted by Crippen LogP contribution is -2.06. The molecule has 154 valence electrons. The molecular weight excluding hydrogens is 395 g/mol. The molecule has 0 aliphatic rings. The van der Waals surface area contributed by atoms with Crippen molar-refractivity contribution in [2.45, 2.75) is 13.2 Å². The van der Waals surface area contributed by atoms with Gasteiger partial charge in [0.2, 0.25) is 11.8 Å². The highest BCUT2D eigenvalue weighted by Crippen LogP contribution is 2.29. The molecule has 0 saturated carbocycles. The first-order valence-corrected chi connectivity index (χ1v) is 10.5. The van der Waals surface area contributed by atoms with Crippen LogP contribution in [0.2, 0.25) is 0 Å². The van der Waals surface area contributed by atoms with Gasteiger partial charge in [0.15, 0.2) is 0 Å². The highest BCUT2D eigenvalue weighted by atomic mass is 16.5. The SMILES string of the molecule is [B]c1cccc2c1ccn2-c1ccc(OCc2ccccc2)nc1OCc1ccccc1. The average Bonchev–Trinajstić information content (AvgIpc) is 3.28. The maximum atomic E-state index is 6.18. The molecule has 0 aliphatic carbocycles. The van der Waals surface area contributed by atoms with Crippen LogP contribution in [0.4, 0.5) is 0 Å². The largest absolute Gasteiger partial charge is 0.473 e. The van der Waals surface area contributed by atoms with E-state index in [0.29, 0.717) is 25.0 Å². The minimum absolute atomic E-state index is 0.407. The molecular formula is C27H21BN2O2. The number of hydrogen-bond acceptors (Lipinski definition) is 3. The summed E-state index contributed by atoms with van der Waals surface area (Å²) in [6, 6.07) is 31.8. The zero-order valence-corrected chi connectivity index (χ0v) is 17.5. The molecule has 2 aromatic heterocycles. The van der Waals surface area contributed by atoms with Crippen molar-refractivity contribution >= 4 is 24.2 Å². The van der Waals surface area contributed by atoms with E-state index in [1.807, 2.05) is 108 Å². The van der Waals surface area contributed by atoms with Crippen molar-refractivity contribution in [1.29, 1.82) is 0 Å². The lowest BCUT2D eigenvalue weighted by Gasteiger charge is -2.15. The molecule has 2 radical (unpaired) electrons. The molecule has 0 fully saturated rings. The van der Waals surface area contributed by atoms with Crippen molar-refractivity contribution in [3.63, 3.8) is 0 Å². The van der Waals surface area contributed by atoms with Crippen LogP contribution < -0.4 is 14.9 Å². The van der Waals surface area contributed by atoms with E-state index in [1.54, 1.807) is 0 Å². The van der Waals surface area contributed by atoms with Gasteiger partial charge in [-0.3, -0.25) is 0 Å². The van der Waals surface area contributed by atoms with Crippen LogP contribution in [0.1, 0.15) is 11.1 Å². The molecule has 5 rings (SSSR count). The first-order valence-electron chi connectivity index (χ1n) is 10.5. The molecule has 4 nitrogen and oxygen atoms in total. The maximum Gasteiger partial charge on any atom is 0.241 e. The summed E-state index contributed by atoms with van der Waals surface area (Å²) in [5.74, 6) is 1.01. The summed E-state index contributed by atoms with van der Waals surface area (Å²) in [7, 11) is 6.16. The fourth-order valence-electron chi connectivity index (χ4n) is 3.65. The fourth-order valence-corrected chi connectivity index (χ4v) is 3.65. The van der Waals surface area contributed by atoms with Crippen LogP contribution in [-0.4, -0.2) is 17.4 Å². The van der Waals surface area contributed by atoms with Gasteiger partial charge in [-0.05, 0) is 34.7 Å². The minimum Gasteiger partial charge on any atom is -0.473 e. The second kappa shape index (κ2) is 9.02. The van der Waals surface area contributed by atoms with E-state index in [4.69, 9.17) is 22.3 Å². The number of nitrogens with zero attached hydrogens (tertiary/aromatic N) is 2. The first-order chi connectivity index (χ1) is 15.8. The average molecular weight is 416 g/mol. The third-order valence-corrected chi connectivity index (χ3v) is 5.29. The summed E-state index contributed by atoms with van der Waals surface area (Å²) in [4.78, 5) is 4.69. The van der Waals surface area contributed by atoms with Crippen molar-refractivity contribution in [1.82, 2.24) is 9.55 Å². The Labute approximate surface area is 188 Å². The van der Waals surface area contributed by atoms with Crippen molar-refractivity contribution in [2.75, 3.05) is 0 Å². The van der Waals surface area contributed by atoms with E-state index in [1.165, 1.54) is 0 Å². The van der Waals surface area contributed by atoms with Gasteiger partial charge in [0.05, 0.1) is 5.52 Å². The van der Waals surface area contributed by atoms with E-state index < -0.39 is 0 Å². The number of ether oxygens (including phenoxy) is 2. The third-order valence-electron chi connectivity index (χ3n) is 5.29. The summed E-state index contributed by atoms with van der Waals surface area (Å²) in [6.07, 6.45) is 1.98. The Morgan fingerprint density at radius 3 is 2.09 bits per heavy atom. The molecule has 0 saturated heterocycles. The van der Waals surface area contributed by atoms with Crippen molar-refractivity contribution in [2.24, 2.45) is 0 Å². The smallest absolute Gasteiger partial charge is 0.241 e.